The molecule has 5 nitrogen and oxygen atoms in total. The summed E-state index contributed by atoms with van der Waals surface area (Å²) in [6.45, 7) is 0.768. The zero-order valence-corrected chi connectivity index (χ0v) is 15.2. The molecule has 0 amide bonds. The normalized spacial score (nSPS) is 12.0. The summed E-state index contributed by atoms with van der Waals surface area (Å²) in [6.07, 6.45) is 4.05. The molecular formula is C20H19N3O2S. The van der Waals surface area contributed by atoms with E-state index in [9.17, 15) is 8.42 Å². The number of hydrogen-bond donors (Lipinski definition) is 1. The minimum Gasteiger partial charge on any atom is -0.319 e. The van der Waals surface area contributed by atoms with Crippen molar-refractivity contribution in [2.45, 2.75) is 11.3 Å². The Balaban J connectivity index is 1.89. The van der Waals surface area contributed by atoms with Gasteiger partial charge in [-0.05, 0) is 60.6 Å². The van der Waals surface area contributed by atoms with Crippen LogP contribution in [0.25, 0.3) is 21.8 Å². The highest BCUT2D eigenvalue weighted by Crippen LogP contribution is 2.26. The van der Waals surface area contributed by atoms with Crippen LogP contribution in [-0.4, -0.2) is 31.0 Å². The number of nitrogens with zero attached hydrogens (tertiary/aromatic N) is 2. The maximum absolute atomic E-state index is 13.3. The van der Waals surface area contributed by atoms with Crippen LogP contribution in [0.2, 0.25) is 0 Å². The van der Waals surface area contributed by atoms with Crippen LogP contribution >= 0.6 is 0 Å². The number of likely N-dealkylation sites (N-methyl/N-ethyl adjacent to an activating group) is 1. The molecule has 0 saturated carbocycles. The molecule has 0 fully saturated rings. The van der Waals surface area contributed by atoms with Gasteiger partial charge in [-0.2, -0.15) is 0 Å². The Morgan fingerprint density at radius 2 is 1.85 bits per heavy atom. The van der Waals surface area contributed by atoms with E-state index >= 15 is 0 Å². The van der Waals surface area contributed by atoms with Gasteiger partial charge in [0.25, 0.3) is 10.0 Å². The predicted molar refractivity (Wildman–Crippen MR) is 104 cm³/mol. The zero-order valence-electron chi connectivity index (χ0n) is 14.4. The molecule has 0 unspecified atom stereocenters. The fourth-order valence-corrected chi connectivity index (χ4v) is 4.56. The number of aromatic nitrogens is 2. The maximum atomic E-state index is 13.3. The summed E-state index contributed by atoms with van der Waals surface area (Å²) in [4.78, 5) is 4.59. The molecule has 2 aromatic heterocycles. The van der Waals surface area contributed by atoms with Gasteiger partial charge >= 0.3 is 0 Å². The molecule has 0 saturated heterocycles. The standard InChI is InChI=1S/C20H19N3O2S/c1-21-12-10-17-14-23(20-19(17)7-4-11-22-20)26(24,25)18-9-8-15-5-2-3-6-16(15)13-18/h2-9,11,13-14,21H,10,12H2,1H3. The van der Waals surface area contributed by atoms with Gasteiger partial charge in [0, 0.05) is 17.8 Å². The lowest BCUT2D eigenvalue weighted by Gasteiger charge is -2.08. The SMILES string of the molecule is CNCCc1cn(S(=O)(=O)c2ccc3ccccc3c2)c2ncccc12. The fraction of sp³-hybridized carbons (Fsp3) is 0.150. The molecule has 0 aliphatic rings. The van der Waals surface area contributed by atoms with Gasteiger partial charge in [-0.25, -0.2) is 17.4 Å². The molecule has 2 heterocycles. The van der Waals surface area contributed by atoms with Crippen molar-refractivity contribution >= 4 is 31.8 Å². The Labute approximate surface area is 152 Å². The Morgan fingerprint density at radius 3 is 2.65 bits per heavy atom. The van der Waals surface area contributed by atoms with E-state index in [1.807, 2.05) is 49.5 Å². The molecule has 0 spiro atoms. The smallest absolute Gasteiger partial charge is 0.269 e. The van der Waals surface area contributed by atoms with Gasteiger partial charge < -0.3 is 5.32 Å². The average Bonchev–Trinajstić information content (AvgIpc) is 3.05. The van der Waals surface area contributed by atoms with Crippen LogP contribution in [0, 0.1) is 0 Å². The molecule has 0 radical (unpaired) electrons. The van der Waals surface area contributed by atoms with Gasteiger partial charge in [0.05, 0.1) is 4.90 Å². The van der Waals surface area contributed by atoms with Crippen LogP contribution in [0.5, 0.6) is 0 Å². The first-order valence-corrected chi connectivity index (χ1v) is 9.89. The molecule has 6 heteroatoms. The molecule has 0 atom stereocenters. The minimum absolute atomic E-state index is 0.263. The highest BCUT2D eigenvalue weighted by molar-refractivity contribution is 7.90. The summed E-state index contributed by atoms with van der Waals surface area (Å²) in [7, 11) is -1.85. The summed E-state index contributed by atoms with van der Waals surface area (Å²) in [6, 6.07) is 16.7. The summed E-state index contributed by atoms with van der Waals surface area (Å²) >= 11 is 0. The fourth-order valence-electron chi connectivity index (χ4n) is 3.18. The zero-order chi connectivity index (χ0) is 18.1. The summed E-state index contributed by atoms with van der Waals surface area (Å²) in [5, 5.41) is 5.88. The number of benzene rings is 2. The van der Waals surface area contributed by atoms with E-state index in [2.05, 4.69) is 10.3 Å². The van der Waals surface area contributed by atoms with Crippen molar-refractivity contribution in [2.24, 2.45) is 0 Å². The van der Waals surface area contributed by atoms with E-state index in [4.69, 9.17) is 0 Å². The van der Waals surface area contributed by atoms with Gasteiger partial charge in [-0.3, -0.25) is 0 Å². The molecule has 0 aliphatic carbocycles. The van der Waals surface area contributed by atoms with E-state index in [0.717, 1.165) is 34.7 Å². The average molecular weight is 365 g/mol. The molecule has 0 bridgehead atoms. The Kier molecular flexibility index (Phi) is 4.22. The lowest BCUT2D eigenvalue weighted by molar-refractivity contribution is 0.588. The van der Waals surface area contributed by atoms with Crippen molar-refractivity contribution in [1.29, 1.82) is 0 Å². The van der Waals surface area contributed by atoms with Crippen molar-refractivity contribution in [3.8, 4) is 0 Å². The van der Waals surface area contributed by atoms with Gasteiger partial charge in [-0.1, -0.05) is 30.3 Å². The number of fused-ring (bicyclic) bond motifs is 2. The van der Waals surface area contributed by atoms with Gasteiger partial charge in [0.1, 0.15) is 0 Å². The summed E-state index contributed by atoms with van der Waals surface area (Å²) < 4.78 is 27.9. The highest BCUT2D eigenvalue weighted by atomic mass is 32.2. The number of nitrogens with one attached hydrogen (secondary N) is 1. The molecular weight excluding hydrogens is 346 g/mol. The maximum Gasteiger partial charge on any atom is 0.269 e. The third-order valence-electron chi connectivity index (χ3n) is 4.54. The van der Waals surface area contributed by atoms with Gasteiger partial charge in [0.2, 0.25) is 0 Å². The van der Waals surface area contributed by atoms with Crippen molar-refractivity contribution in [3.63, 3.8) is 0 Å². The van der Waals surface area contributed by atoms with Crippen LogP contribution in [0.3, 0.4) is 0 Å². The van der Waals surface area contributed by atoms with Crippen molar-refractivity contribution < 1.29 is 8.42 Å². The van der Waals surface area contributed by atoms with Crippen LogP contribution in [0.1, 0.15) is 5.56 Å². The molecule has 26 heavy (non-hydrogen) atoms. The Hall–Kier alpha value is -2.70. The Morgan fingerprint density at radius 1 is 1.04 bits per heavy atom. The van der Waals surface area contributed by atoms with E-state index in [0.29, 0.717) is 5.65 Å². The second kappa shape index (κ2) is 6.55. The van der Waals surface area contributed by atoms with Gasteiger partial charge in [0.15, 0.2) is 5.65 Å². The minimum atomic E-state index is -3.73. The van der Waals surface area contributed by atoms with Crippen LogP contribution in [0.4, 0.5) is 0 Å². The lowest BCUT2D eigenvalue weighted by atomic mass is 10.1. The second-order valence-corrected chi connectivity index (χ2v) is 8.01. The van der Waals surface area contributed by atoms with Crippen LogP contribution in [-0.2, 0) is 16.4 Å². The Bertz CT molecular complexity index is 1200. The summed E-state index contributed by atoms with van der Waals surface area (Å²) in [5.41, 5.74) is 1.43. The largest absolute Gasteiger partial charge is 0.319 e. The topological polar surface area (TPSA) is 64.0 Å². The molecule has 1 N–H and O–H groups in total. The third-order valence-corrected chi connectivity index (χ3v) is 6.18. The lowest BCUT2D eigenvalue weighted by Crippen LogP contribution is -2.13. The van der Waals surface area contributed by atoms with Gasteiger partial charge in [-0.15, -0.1) is 0 Å². The summed E-state index contributed by atoms with van der Waals surface area (Å²) in [5.74, 6) is 0. The van der Waals surface area contributed by atoms with Crippen molar-refractivity contribution in [2.75, 3.05) is 13.6 Å². The van der Waals surface area contributed by atoms with E-state index in [1.54, 1.807) is 24.5 Å². The first-order valence-electron chi connectivity index (χ1n) is 8.45. The highest BCUT2D eigenvalue weighted by Gasteiger charge is 2.22. The molecule has 2 aromatic carbocycles. The van der Waals surface area contributed by atoms with E-state index < -0.39 is 10.0 Å². The number of hydrogen-bond acceptors (Lipinski definition) is 4. The first kappa shape index (κ1) is 16.8. The van der Waals surface area contributed by atoms with E-state index in [-0.39, 0.29) is 4.90 Å². The first-order chi connectivity index (χ1) is 12.6. The monoisotopic (exact) mass is 365 g/mol. The van der Waals surface area contributed by atoms with Crippen LogP contribution in [0.15, 0.2) is 71.9 Å². The molecule has 132 valence electrons. The van der Waals surface area contributed by atoms with Crippen molar-refractivity contribution in [1.82, 2.24) is 14.3 Å². The number of rotatable bonds is 5. The molecule has 4 aromatic rings. The molecule has 0 aliphatic heterocycles. The van der Waals surface area contributed by atoms with Crippen LogP contribution < -0.4 is 5.32 Å². The van der Waals surface area contributed by atoms with Crippen molar-refractivity contribution in [3.05, 3.63) is 72.6 Å². The predicted octanol–water partition coefficient (Wildman–Crippen LogP) is 3.19. The van der Waals surface area contributed by atoms with E-state index in [1.165, 1.54) is 3.97 Å². The molecule has 4 rings (SSSR count). The third kappa shape index (κ3) is 2.77. The second-order valence-electron chi connectivity index (χ2n) is 6.19. The quantitative estimate of drug-likeness (QED) is 0.590. The number of pyridine rings is 1.